The number of carbonyl (C=O) groups is 2. The van der Waals surface area contributed by atoms with Crippen molar-refractivity contribution in [1.29, 1.82) is 0 Å². The number of nitrogens with one attached hydrogen (secondary N) is 1. The Morgan fingerprint density at radius 1 is 1.00 bits per heavy atom. The van der Waals surface area contributed by atoms with E-state index in [9.17, 15) is 9.59 Å². The smallest absolute Gasteiger partial charge is 0.338 e. The summed E-state index contributed by atoms with van der Waals surface area (Å²) in [6, 6.07) is 18.2. The molecule has 7 nitrogen and oxygen atoms in total. The second kappa shape index (κ2) is 10.4. The molecular formula is C25H25ClN4O3. The van der Waals surface area contributed by atoms with Crippen LogP contribution in [0.15, 0.2) is 60.7 Å². The van der Waals surface area contributed by atoms with E-state index >= 15 is 0 Å². The van der Waals surface area contributed by atoms with E-state index in [0.717, 1.165) is 43.0 Å². The Hall–Kier alpha value is -3.45. The summed E-state index contributed by atoms with van der Waals surface area (Å²) >= 11 is 5.95. The van der Waals surface area contributed by atoms with Gasteiger partial charge in [0.1, 0.15) is 0 Å². The maximum Gasteiger partial charge on any atom is 0.338 e. The van der Waals surface area contributed by atoms with E-state index in [1.54, 1.807) is 31.2 Å². The molecule has 0 spiro atoms. The van der Waals surface area contributed by atoms with Gasteiger partial charge >= 0.3 is 5.97 Å². The first-order valence-electron chi connectivity index (χ1n) is 11.0. The lowest BCUT2D eigenvalue weighted by Crippen LogP contribution is -2.38. The number of benzene rings is 2. The number of anilines is 2. The highest BCUT2D eigenvalue weighted by Crippen LogP contribution is 2.25. The fraction of sp³-hybridized carbons (Fsp3) is 0.280. The molecule has 2 aromatic carbocycles. The number of piperidine rings is 1. The van der Waals surface area contributed by atoms with E-state index < -0.39 is 0 Å². The molecule has 1 fully saturated rings. The molecule has 0 unspecified atom stereocenters. The minimum absolute atomic E-state index is 0.0114. The number of amides is 1. The maximum atomic E-state index is 12.7. The van der Waals surface area contributed by atoms with Crippen molar-refractivity contribution >= 4 is 35.0 Å². The highest BCUT2D eigenvalue weighted by Gasteiger charge is 2.26. The van der Waals surface area contributed by atoms with Crippen LogP contribution in [-0.2, 0) is 9.53 Å². The van der Waals surface area contributed by atoms with E-state index in [1.165, 1.54) is 0 Å². The number of hydrogen-bond acceptors (Lipinski definition) is 6. The van der Waals surface area contributed by atoms with Gasteiger partial charge in [0, 0.05) is 35.3 Å². The van der Waals surface area contributed by atoms with Crippen LogP contribution in [0.4, 0.5) is 11.5 Å². The van der Waals surface area contributed by atoms with Gasteiger partial charge in [-0.15, -0.1) is 10.2 Å². The lowest BCUT2D eigenvalue weighted by atomic mass is 9.95. The van der Waals surface area contributed by atoms with Gasteiger partial charge in [-0.05, 0) is 68.3 Å². The Morgan fingerprint density at radius 3 is 2.30 bits per heavy atom. The molecule has 1 aliphatic heterocycles. The number of aromatic nitrogens is 2. The minimum Gasteiger partial charge on any atom is -0.462 e. The lowest BCUT2D eigenvalue weighted by molar-refractivity contribution is -0.120. The maximum absolute atomic E-state index is 12.7. The molecule has 0 saturated carbocycles. The fourth-order valence-electron chi connectivity index (χ4n) is 3.79. The summed E-state index contributed by atoms with van der Waals surface area (Å²) in [7, 11) is 0. The highest BCUT2D eigenvalue weighted by molar-refractivity contribution is 6.30. The number of carbonyl (C=O) groups excluding carboxylic acids is 2. The topological polar surface area (TPSA) is 84.4 Å². The zero-order valence-electron chi connectivity index (χ0n) is 18.3. The van der Waals surface area contributed by atoms with Gasteiger partial charge in [0.2, 0.25) is 5.91 Å². The first-order chi connectivity index (χ1) is 16.0. The molecule has 1 aromatic heterocycles. The van der Waals surface area contributed by atoms with Gasteiger partial charge < -0.3 is 15.0 Å². The molecule has 1 N–H and O–H groups in total. The molecule has 170 valence electrons. The van der Waals surface area contributed by atoms with Crippen molar-refractivity contribution < 1.29 is 14.3 Å². The number of esters is 1. The van der Waals surface area contributed by atoms with Crippen LogP contribution < -0.4 is 10.2 Å². The Bertz CT molecular complexity index is 1090. The van der Waals surface area contributed by atoms with E-state index in [1.807, 2.05) is 36.4 Å². The van der Waals surface area contributed by atoms with Crippen LogP contribution in [0.25, 0.3) is 11.3 Å². The summed E-state index contributed by atoms with van der Waals surface area (Å²) in [4.78, 5) is 26.6. The van der Waals surface area contributed by atoms with Gasteiger partial charge in [0.15, 0.2) is 5.82 Å². The van der Waals surface area contributed by atoms with E-state index in [4.69, 9.17) is 16.3 Å². The van der Waals surface area contributed by atoms with Gasteiger partial charge in [0.25, 0.3) is 0 Å². The molecule has 1 aliphatic rings. The average Bonchev–Trinajstić information content (AvgIpc) is 2.85. The molecule has 2 heterocycles. The largest absolute Gasteiger partial charge is 0.462 e. The third kappa shape index (κ3) is 5.68. The molecule has 0 atom stereocenters. The molecule has 3 aromatic rings. The Morgan fingerprint density at radius 2 is 1.70 bits per heavy atom. The highest BCUT2D eigenvalue weighted by atomic mass is 35.5. The van der Waals surface area contributed by atoms with E-state index in [2.05, 4.69) is 20.4 Å². The summed E-state index contributed by atoms with van der Waals surface area (Å²) in [6.07, 6.45) is 1.46. The van der Waals surface area contributed by atoms with E-state index in [-0.39, 0.29) is 17.8 Å². The number of hydrogen-bond donors (Lipinski definition) is 1. The van der Waals surface area contributed by atoms with Crippen LogP contribution in [0.3, 0.4) is 0 Å². The van der Waals surface area contributed by atoms with Gasteiger partial charge in [0.05, 0.1) is 17.9 Å². The third-order valence-corrected chi connectivity index (χ3v) is 5.90. The zero-order chi connectivity index (χ0) is 23.2. The molecule has 0 radical (unpaired) electrons. The Kier molecular flexibility index (Phi) is 7.19. The molecule has 1 saturated heterocycles. The molecule has 1 amide bonds. The Balaban J connectivity index is 1.30. The normalized spacial score (nSPS) is 14.1. The predicted octanol–water partition coefficient (Wildman–Crippen LogP) is 4.83. The van der Waals surface area contributed by atoms with Crippen molar-refractivity contribution in [3.05, 3.63) is 71.2 Å². The van der Waals surface area contributed by atoms with Crippen LogP contribution in [0, 0.1) is 5.92 Å². The summed E-state index contributed by atoms with van der Waals surface area (Å²) in [6.45, 7) is 3.55. The van der Waals surface area contributed by atoms with Crippen molar-refractivity contribution in [3.8, 4) is 11.3 Å². The van der Waals surface area contributed by atoms with E-state index in [0.29, 0.717) is 22.9 Å². The predicted molar refractivity (Wildman–Crippen MR) is 128 cm³/mol. The fourth-order valence-corrected chi connectivity index (χ4v) is 3.91. The van der Waals surface area contributed by atoms with Crippen LogP contribution in [0.1, 0.15) is 30.1 Å². The Labute approximate surface area is 197 Å². The number of ether oxygens (including phenoxy) is 1. The molecule has 4 rings (SSSR count). The molecule has 0 bridgehead atoms. The van der Waals surface area contributed by atoms with Crippen molar-refractivity contribution in [2.75, 3.05) is 29.9 Å². The third-order valence-electron chi connectivity index (χ3n) is 5.64. The van der Waals surface area contributed by atoms with Crippen molar-refractivity contribution in [2.45, 2.75) is 19.8 Å². The second-order valence-electron chi connectivity index (χ2n) is 7.83. The summed E-state index contributed by atoms with van der Waals surface area (Å²) in [5.74, 6) is 0.350. The number of rotatable bonds is 6. The second-order valence-corrected chi connectivity index (χ2v) is 8.27. The molecular weight excluding hydrogens is 440 g/mol. The van der Waals surface area contributed by atoms with Crippen molar-refractivity contribution in [1.82, 2.24) is 10.2 Å². The first kappa shape index (κ1) is 22.7. The van der Waals surface area contributed by atoms with Gasteiger partial charge in [-0.1, -0.05) is 23.7 Å². The standard InChI is InChI=1S/C25H25ClN4O3/c1-2-33-25(32)19-5-9-21(10-6-19)27-24(31)18-13-15-30(16-14-18)23-12-11-22(28-29-23)17-3-7-20(26)8-4-17/h3-12,18H,2,13-16H2,1H3,(H,27,31). The average molecular weight is 465 g/mol. The number of nitrogens with zero attached hydrogens (tertiary/aromatic N) is 3. The van der Waals surface area contributed by atoms with Gasteiger partial charge in [-0.2, -0.15) is 0 Å². The van der Waals surface area contributed by atoms with Crippen LogP contribution in [-0.4, -0.2) is 41.8 Å². The minimum atomic E-state index is -0.368. The molecule has 8 heteroatoms. The molecule has 0 aliphatic carbocycles. The zero-order valence-corrected chi connectivity index (χ0v) is 19.1. The van der Waals surface area contributed by atoms with Crippen molar-refractivity contribution in [2.24, 2.45) is 5.92 Å². The van der Waals surface area contributed by atoms with Crippen LogP contribution in [0.5, 0.6) is 0 Å². The summed E-state index contributed by atoms with van der Waals surface area (Å²) in [5.41, 5.74) is 2.88. The van der Waals surface area contributed by atoms with Crippen LogP contribution in [0.2, 0.25) is 5.02 Å². The quantitative estimate of drug-likeness (QED) is 0.526. The van der Waals surface area contributed by atoms with Crippen LogP contribution >= 0.6 is 11.6 Å². The first-order valence-corrected chi connectivity index (χ1v) is 11.3. The molecule has 33 heavy (non-hydrogen) atoms. The summed E-state index contributed by atoms with van der Waals surface area (Å²) < 4.78 is 4.98. The lowest BCUT2D eigenvalue weighted by Gasteiger charge is -2.31. The number of halogens is 1. The SMILES string of the molecule is CCOC(=O)c1ccc(NC(=O)C2CCN(c3ccc(-c4ccc(Cl)cc4)nn3)CC2)cc1. The monoisotopic (exact) mass is 464 g/mol. The van der Waals surface area contributed by atoms with Gasteiger partial charge in [-0.25, -0.2) is 4.79 Å². The van der Waals surface area contributed by atoms with Crippen molar-refractivity contribution in [3.63, 3.8) is 0 Å². The summed E-state index contributed by atoms with van der Waals surface area (Å²) in [5, 5.41) is 12.4. The van der Waals surface area contributed by atoms with Gasteiger partial charge in [-0.3, -0.25) is 4.79 Å².